The van der Waals surface area contributed by atoms with Crippen LogP contribution in [0, 0.1) is 0 Å². The number of aromatic nitrogens is 1. The van der Waals surface area contributed by atoms with Gasteiger partial charge in [-0.2, -0.15) is 4.57 Å². The smallest absolute Gasteiger partial charge is 0.323 e. The zero-order chi connectivity index (χ0) is 26.8. The van der Waals surface area contributed by atoms with Crippen molar-refractivity contribution in [3.05, 3.63) is 70.1 Å². The van der Waals surface area contributed by atoms with E-state index in [0.717, 1.165) is 18.7 Å². The Kier molecular flexibility index (Phi) is 14.1. The molecule has 0 bridgehead atoms. The van der Waals surface area contributed by atoms with Crippen molar-refractivity contribution >= 4 is 40.3 Å². The van der Waals surface area contributed by atoms with Gasteiger partial charge in [-0.05, 0) is 36.8 Å². The fourth-order valence-corrected chi connectivity index (χ4v) is 5.20. The number of urea groups is 1. The number of anilines is 2. The number of nitrogens with one attached hydrogen (secondary N) is 2. The summed E-state index contributed by atoms with van der Waals surface area (Å²) in [7, 11) is 0. The first-order chi connectivity index (χ1) is 18.6. The number of nitrogens with zero attached hydrogens (tertiary/aromatic N) is 1. The summed E-state index contributed by atoms with van der Waals surface area (Å²) in [6.45, 7) is 3.73. The van der Waals surface area contributed by atoms with Crippen molar-refractivity contribution in [1.82, 2.24) is 0 Å². The van der Waals surface area contributed by atoms with Crippen LogP contribution in [0.3, 0.4) is 0 Å². The molecule has 0 spiro atoms. The number of ether oxygens (including phenoxy) is 1. The van der Waals surface area contributed by atoms with Crippen LogP contribution in [0.2, 0.25) is 5.02 Å². The van der Waals surface area contributed by atoms with E-state index in [2.05, 4.69) is 27.6 Å². The van der Waals surface area contributed by atoms with Crippen LogP contribution in [0.1, 0.15) is 89.5 Å². The Morgan fingerprint density at radius 2 is 1.45 bits per heavy atom. The number of hydrogen-bond donors (Lipinski definition) is 2. The SMILES string of the molecule is CCCCCCCCCCCCCCOc1ccc(NC(=O)Nc2ccc(C[n+]3ccsc3)cc2)cc1Cl. The molecule has 1 heterocycles. The number of carbonyl (C=O) groups excluding carboxylic acids is 1. The first-order valence-corrected chi connectivity index (χ1v) is 15.5. The molecule has 0 unspecified atom stereocenters. The van der Waals surface area contributed by atoms with E-state index >= 15 is 0 Å². The third-order valence-corrected chi connectivity index (χ3v) is 7.52. The second kappa shape index (κ2) is 17.8. The Bertz CT molecular complexity index is 1060. The molecule has 2 aromatic carbocycles. The molecule has 0 radical (unpaired) electrons. The van der Waals surface area contributed by atoms with Gasteiger partial charge in [-0.25, -0.2) is 4.79 Å². The third-order valence-electron chi connectivity index (χ3n) is 6.55. The molecule has 206 valence electrons. The normalized spacial score (nSPS) is 10.9. The molecule has 0 fully saturated rings. The topological polar surface area (TPSA) is 54.2 Å². The number of unbranched alkanes of at least 4 members (excludes halogenated alkanes) is 11. The second-order valence-electron chi connectivity index (χ2n) is 9.86. The van der Waals surface area contributed by atoms with Crippen LogP contribution >= 0.6 is 22.9 Å². The summed E-state index contributed by atoms with van der Waals surface area (Å²) in [5.41, 5.74) is 4.59. The van der Waals surface area contributed by atoms with Gasteiger partial charge < -0.3 is 15.4 Å². The molecule has 0 aliphatic heterocycles. The lowest BCUT2D eigenvalue weighted by Crippen LogP contribution is -2.30. The Balaban J connectivity index is 1.27. The minimum absolute atomic E-state index is 0.314. The van der Waals surface area contributed by atoms with Crippen molar-refractivity contribution in [2.75, 3.05) is 17.2 Å². The van der Waals surface area contributed by atoms with Crippen molar-refractivity contribution in [1.29, 1.82) is 0 Å². The molecule has 38 heavy (non-hydrogen) atoms. The molecular weight excluding hydrogens is 514 g/mol. The highest BCUT2D eigenvalue weighted by atomic mass is 35.5. The lowest BCUT2D eigenvalue weighted by Gasteiger charge is -2.11. The number of carbonyl (C=O) groups is 1. The summed E-state index contributed by atoms with van der Waals surface area (Å²) in [6.07, 6.45) is 17.9. The fourth-order valence-electron chi connectivity index (χ4n) is 4.37. The first-order valence-electron chi connectivity index (χ1n) is 14.1. The Hall–Kier alpha value is -2.57. The molecule has 0 saturated carbocycles. The average Bonchev–Trinajstić information content (AvgIpc) is 3.42. The van der Waals surface area contributed by atoms with E-state index < -0.39 is 0 Å². The molecule has 0 aliphatic carbocycles. The van der Waals surface area contributed by atoms with Gasteiger partial charge in [0.2, 0.25) is 5.51 Å². The number of halogens is 1. The summed E-state index contributed by atoms with van der Waals surface area (Å²) in [6, 6.07) is 12.9. The number of amides is 2. The maximum atomic E-state index is 12.4. The lowest BCUT2D eigenvalue weighted by molar-refractivity contribution is -0.683. The standard InChI is InChI=1S/C31H42ClN3O2S/c1-2-3-4-5-6-7-8-9-10-11-12-13-21-37-30-19-18-28(23-29(30)32)34-31(36)33-27-16-14-26(15-17-27)24-35-20-22-38-25-35/h14-20,22-23,25H,2-13,21,24H2,1H3,(H-,33,34,36)/p+1. The van der Waals surface area contributed by atoms with Gasteiger partial charge in [0.1, 0.15) is 5.75 Å². The molecule has 2 amide bonds. The van der Waals surface area contributed by atoms with Gasteiger partial charge in [-0.15, -0.1) is 0 Å². The summed E-state index contributed by atoms with van der Waals surface area (Å²) in [5, 5.41) is 8.24. The zero-order valence-corrected chi connectivity index (χ0v) is 24.3. The summed E-state index contributed by atoms with van der Waals surface area (Å²) in [5.74, 6) is 0.653. The van der Waals surface area contributed by atoms with Crippen LogP contribution in [0.5, 0.6) is 5.75 Å². The molecule has 3 rings (SSSR count). The highest BCUT2D eigenvalue weighted by molar-refractivity contribution is 7.07. The zero-order valence-electron chi connectivity index (χ0n) is 22.7. The predicted octanol–water partition coefficient (Wildman–Crippen LogP) is 9.46. The van der Waals surface area contributed by atoms with Crippen LogP contribution in [0.15, 0.2) is 59.6 Å². The number of thiazole rings is 1. The molecule has 3 aromatic rings. The largest absolute Gasteiger partial charge is 0.492 e. The molecule has 0 saturated heterocycles. The monoisotopic (exact) mass is 556 g/mol. The highest BCUT2D eigenvalue weighted by Crippen LogP contribution is 2.28. The minimum Gasteiger partial charge on any atom is -0.492 e. The van der Waals surface area contributed by atoms with Crippen LogP contribution in [-0.2, 0) is 6.54 Å². The Morgan fingerprint density at radius 1 is 0.842 bits per heavy atom. The van der Waals surface area contributed by atoms with Crippen LogP contribution in [-0.4, -0.2) is 12.6 Å². The molecule has 2 N–H and O–H groups in total. The Morgan fingerprint density at radius 3 is 2.05 bits per heavy atom. The van der Waals surface area contributed by atoms with Crippen molar-refractivity contribution in [3.63, 3.8) is 0 Å². The lowest BCUT2D eigenvalue weighted by atomic mass is 10.1. The molecule has 0 atom stereocenters. The van der Waals surface area contributed by atoms with Gasteiger partial charge >= 0.3 is 6.03 Å². The highest BCUT2D eigenvalue weighted by Gasteiger charge is 2.08. The van der Waals surface area contributed by atoms with Crippen molar-refractivity contribution in [2.45, 2.75) is 90.5 Å². The van der Waals surface area contributed by atoms with Crippen molar-refractivity contribution < 1.29 is 14.1 Å². The van der Waals surface area contributed by atoms with E-state index in [1.54, 1.807) is 17.4 Å². The van der Waals surface area contributed by atoms with E-state index in [-0.39, 0.29) is 6.03 Å². The van der Waals surface area contributed by atoms with E-state index in [1.165, 1.54) is 76.2 Å². The summed E-state index contributed by atoms with van der Waals surface area (Å²) < 4.78 is 7.99. The average molecular weight is 557 g/mol. The second-order valence-corrected chi connectivity index (χ2v) is 11.0. The van der Waals surface area contributed by atoms with E-state index in [1.807, 2.05) is 48.0 Å². The van der Waals surface area contributed by atoms with Crippen LogP contribution < -0.4 is 19.9 Å². The van der Waals surface area contributed by atoms with Crippen molar-refractivity contribution in [3.8, 4) is 5.75 Å². The predicted molar refractivity (Wildman–Crippen MR) is 161 cm³/mol. The molecular formula is C31H43ClN3O2S+. The number of rotatable bonds is 18. The van der Waals surface area contributed by atoms with E-state index in [0.29, 0.717) is 23.1 Å². The van der Waals surface area contributed by atoms with Gasteiger partial charge in [0.05, 0.1) is 17.0 Å². The van der Waals surface area contributed by atoms with Gasteiger partial charge in [-0.1, -0.05) is 113 Å². The van der Waals surface area contributed by atoms with Crippen LogP contribution in [0.4, 0.5) is 16.2 Å². The van der Waals surface area contributed by atoms with Gasteiger partial charge in [0, 0.05) is 16.9 Å². The molecule has 5 nitrogen and oxygen atoms in total. The minimum atomic E-state index is -0.314. The summed E-state index contributed by atoms with van der Waals surface area (Å²) in [4.78, 5) is 12.4. The maximum absolute atomic E-state index is 12.4. The Labute approximate surface area is 237 Å². The van der Waals surface area contributed by atoms with E-state index in [9.17, 15) is 4.79 Å². The molecule has 1 aromatic heterocycles. The summed E-state index contributed by atoms with van der Waals surface area (Å²) >= 11 is 8.07. The number of benzene rings is 2. The third kappa shape index (κ3) is 11.9. The van der Waals surface area contributed by atoms with Crippen molar-refractivity contribution in [2.24, 2.45) is 0 Å². The van der Waals surface area contributed by atoms with Gasteiger partial charge in [-0.3, -0.25) is 0 Å². The van der Waals surface area contributed by atoms with E-state index in [4.69, 9.17) is 16.3 Å². The fraction of sp³-hybridized carbons (Fsp3) is 0.484. The first kappa shape index (κ1) is 30.0. The molecule has 0 aliphatic rings. The van der Waals surface area contributed by atoms with Gasteiger partial charge in [0.15, 0.2) is 12.7 Å². The molecule has 7 heteroatoms. The number of hydrogen-bond acceptors (Lipinski definition) is 3. The van der Waals surface area contributed by atoms with Crippen LogP contribution in [0.25, 0.3) is 0 Å². The van der Waals surface area contributed by atoms with Gasteiger partial charge in [0.25, 0.3) is 0 Å². The quantitative estimate of drug-likeness (QED) is 0.121. The maximum Gasteiger partial charge on any atom is 0.323 e.